The average Bonchev–Trinajstić information content (AvgIpc) is 3.09. The molecule has 2 amide bonds. The maximum absolute atomic E-state index is 11.8. The Morgan fingerprint density at radius 1 is 1.42 bits per heavy atom. The van der Waals surface area contributed by atoms with Crippen LogP contribution in [-0.4, -0.2) is 30.1 Å². The van der Waals surface area contributed by atoms with E-state index in [1.54, 1.807) is 11.3 Å². The van der Waals surface area contributed by atoms with Gasteiger partial charge in [-0.25, -0.2) is 9.78 Å². The van der Waals surface area contributed by atoms with Crippen LogP contribution in [0.15, 0.2) is 29.1 Å². The van der Waals surface area contributed by atoms with Crippen molar-refractivity contribution in [1.29, 1.82) is 0 Å². The van der Waals surface area contributed by atoms with Gasteiger partial charge in [0.15, 0.2) is 5.13 Å². The molecule has 0 bridgehead atoms. The molecule has 7 heteroatoms. The Labute approximate surface area is 119 Å². The lowest BCUT2D eigenvalue weighted by Crippen LogP contribution is -2.39. The number of rotatable bonds is 3. The van der Waals surface area contributed by atoms with Crippen molar-refractivity contribution < 1.29 is 4.79 Å². The first-order valence-corrected chi connectivity index (χ1v) is 7.82. The highest BCUT2D eigenvalue weighted by Crippen LogP contribution is 2.22. The van der Waals surface area contributed by atoms with E-state index in [0.717, 1.165) is 29.6 Å². The molecule has 2 N–H and O–H groups in total. The summed E-state index contributed by atoms with van der Waals surface area (Å²) in [6, 6.07) is 3.86. The largest absolute Gasteiger partial charge is 0.346 e. The smallest absolute Gasteiger partial charge is 0.320 e. The molecular weight excluding hydrogens is 280 g/mol. The molecule has 0 radical (unpaired) electrons. The van der Waals surface area contributed by atoms with Crippen LogP contribution in [0, 0.1) is 0 Å². The minimum atomic E-state index is -0.131. The molecule has 1 saturated heterocycles. The van der Waals surface area contributed by atoms with Gasteiger partial charge in [-0.1, -0.05) is 0 Å². The summed E-state index contributed by atoms with van der Waals surface area (Å²) in [6.45, 7) is 1.77. The topological polar surface area (TPSA) is 57.3 Å². The SMILES string of the molecule is O=C(Nc1cccs1)NC1CCN(c2nccs2)C1. The average molecular weight is 294 g/mol. The Kier molecular flexibility index (Phi) is 3.65. The number of aromatic nitrogens is 1. The van der Waals surface area contributed by atoms with E-state index in [9.17, 15) is 4.79 Å². The summed E-state index contributed by atoms with van der Waals surface area (Å²) in [4.78, 5) is 18.3. The highest BCUT2D eigenvalue weighted by molar-refractivity contribution is 7.14. The van der Waals surface area contributed by atoms with Gasteiger partial charge >= 0.3 is 6.03 Å². The van der Waals surface area contributed by atoms with Gasteiger partial charge in [0.1, 0.15) is 0 Å². The number of urea groups is 1. The molecule has 1 atom stereocenters. The fourth-order valence-corrected chi connectivity index (χ4v) is 3.40. The van der Waals surface area contributed by atoms with Crippen molar-refractivity contribution in [2.75, 3.05) is 23.3 Å². The number of hydrogen-bond acceptors (Lipinski definition) is 5. The number of thiophene rings is 1. The number of thiazole rings is 1. The van der Waals surface area contributed by atoms with E-state index in [-0.39, 0.29) is 12.1 Å². The van der Waals surface area contributed by atoms with Gasteiger partial charge in [0.2, 0.25) is 0 Å². The van der Waals surface area contributed by atoms with E-state index >= 15 is 0 Å². The molecule has 3 heterocycles. The zero-order chi connectivity index (χ0) is 13.1. The van der Waals surface area contributed by atoms with Crippen LogP contribution in [0.3, 0.4) is 0 Å². The number of hydrogen-bond donors (Lipinski definition) is 2. The van der Waals surface area contributed by atoms with Gasteiger partial charge in [-0.15, -0.1) is 22.7 Å². The number of carbonyl (C=O) groups excluding carboxylic acids is 1. The van der Waals surface area contributed by atoms with Crippen molar-refractivity contribution in [3.05, 3.63) is 29.1 Å². The van der Waals surface area contributed by atoms with Gasteiger partial charge in [-0.2, -0.15) is 0 Å². The second-order valence-corrected chi connectivity index (χ2v) is 6.14. The molecule has 1 unspecified atom stereocenters. The number of nitrogens with one attached hydrogen (secondary N) is 2. The van der Waals surface area contributed by atoms with Crippen molar-refractivity contribution >= 4 is 38.8 Å². The van der Waals surface area contributed by atoms with Crippen LogP contribution < -0.4 is 15.5 Å². The second kappa shape index (κ2) is 5.58. The molecule has 2 aromatic rings. The lowest BCUT2D eigenvalue weighted by Gasteiger charge is -2.15. The third-order valence-electron chi connectivity index (χ3n) is 2.97. The highest BCUT2D eigenvalue weighted by atomic mass is 32.1. The number of anilines is 2. The summed E-state index contributed by atoms with van der Waals surface area (Å²) < 4.78 is 0. The maximum atomic E-state index is 11.8. The van der Waals surface area contributed by atoms with Gasteiger partial charge in [-0.05, 0) is 23.9 Å². The van der Waals surface area contributed by atoms with Crippen LogP contribution in [-0.2, 0) is 0 Å². The van der Waals surface area contributed by atoms with Crippen molar-refractivity contribution in [3.8, 4) is 0 Å². The maximum Gasteiger partial charge on any atom is 0.320 e. The quantitative estimate of drug-likeness (QED) is 0.915. The molecule has 100 valence electrons. The first-order chi connectivity index (χ1) is 9.31. The van der Waals surface area contributed by atoms with Crippen molar-refractivity contribution in [2.45, 2.75) is 12.5 Å². The lowest BCUT2D eigenvalue weighted by atomic mass is 10.3. The minimum Gasteiger partial charge on any atom is -0.346 e. The molecule has 19 heavy (non-hydrogen) atoms. The number of nitrogens with zero attached hydrogens (tertiary/aromatic N) is 2. The third-order valence-corrected chi connectivity index (χ3v) is 4.59. The molecule has 1 fully saturated rings. The van der Waals surface area contributed by atoms with Crippen LogP contribution in [0.2, 0.25) is 0 Å². The Bertz CT molecular complexity index is 526. The number of carbonyl (C=O) groups is 1. The molecule has 0 spiro atoms. The summed E-state index contributed by atoms with van der Waals surface area (Å²) in [5.74, 6) is 0. The molecule has 2 aromatic heterocycles. The van der Waals surface area contributed by atoms with Crippen LogP contribution in [0.25, 0.3) is 0 Å². The van der Waals surface area contributed by atoms with Gasteiger partial charge in [-0.3, -0.25) is 5.32 Å². The molecule has 0 aromatic carbocycles. The van der Waals surface area contributed by atoms with Gasteiger partial charge in [0.25, 0.3) is 0 Å². The summed E-state index contributed by atoms with van der Waals surface area (Å²) >= 11 is 3.15. The minimum absolute atomic E-state index is 0.131. The Morgan fingerprint density at radius 3 is 3.11 bits per heavy atom. The first kappa shape index (κ1) is 12.4. The van der Waals surface area contributed by atoms with E-state index in [1.165, 1.54) is 11.3 Å². The summed E-state index contributed by atoms with van der Waals surface area (Å²) in [5.41, 5.74) is 0. The van der Waals surface area contributed by atoms with Crippen LogP contribution in [0.5, 0.6) is 0 Å². The molecule has 1 aliphatic rings. The lowest BCUT2D eigenvalue weighted by molar-refractivity contribution is 0.249. The molecular formula is C12H14N4OS2. The Hall–Kier alpha value is -1.60. The van der Waals surface area contributed by atoms with Crippen LogP contribution >= 0.6 is 22.7 Å². The first-order valence-electron chi connectivity index (χ1n) is 6.07. The Balaban J connectivity index is 1.50. The van der Waals surface area contributed by atoms with Crippen molar-refractivity contribution in [1.82, 2.24) is 10.3 Å². The molecule has 3 rings (SSSR count). The monoisotopic (exact) mass is 294 g/mol. The van der Waals surface area contributed by atoms with E-state index in [0.29, 0.717) is 0 Å². The summed E-state index contributed by atoms with van der Waals surface area (Å²) in [5, 5.41) is 11.6. The van der Waals surface area contributed by atoms with Crippen LogP contribution in [0.1, 0.15) is 6.42 Å². The highest BCUT2D eigenvalue weighted by Gasteiger charge is 2.25. The molecule has 5 nitrogen and oxygen atoms in total. The zero-order valence-corrected chi connectivity index (χ0v) is 11.8. The molecule has 0 aliphatic carbocycles. The summed E-state index contributed by atoms with van der Waals surface area (Å²) in [6.07, 6.45) is 2.77. The standard InChI is InChI=1S/C12H14N4OS2/c17-11(15-10-2-1-6-18-10)14-9-3-5-16(8-9)12-13-4-7-19-12/h1-2,4,6-7,9H,3,5,8H2,(H2,14,15,17). The summed E-state index contributed by atoms with van der Waals surface area (Å²) in [7, 11) is 0. The van der Waals surface area contributed by atoms with Gasteiger partial charge in [0.05, 0.1) is 5.00 Å². The number of amides is 2. The fraction of sp³-hybridized carbons (Fsp3) is 0.333. The van der Waals surface area contributed by atoms with Crippen LogP contribution in [0.4, 0.5) is 14.9 Å². The van der Waals surface area contributed by atoms with E-state index in [1.807, 2.05) is 29.1 Å². The second-order valence-electron chi connectivity index (χ2n) is 4.32. The van der Waals surface area contributed by atoms with Crippen molar-refractivity contribution in [3.63, 3.8) is 0 Å². The predicted molar refractivity (Wildman–Crippen MR) is 79.2 cm³/mol. The third kappa shape index (κ3) is 3.05. The van der Waals surface area contributed by atoms with E-state index in [2.05, 4.69) is 20.5 Å². The van der Waals surface area contributed by atoms with E-state index < -0.39 is 0 Å². The molecule has 1 aliphatic heterocycles. The van der Waals surface area contributed by atoms with Gasteiger partial charge in [0, 0.05) is 30.7 Å². The molecule has 0 saturated carbocycles. The van der Waals surface area contributed by atoms with Crippen molar-refractivity contribution in [2.24, 2.45) is 0 Å². The zero-order valence-electron chi connectivity index (χ0n) is 10.2. The fourth-order valence-electron chi connectivity index (χ4n) is 2.11. The van der Waals surface area contributed by atoms with E-state index in [4.69, 9.17) is 0 Å². The predicted octanol–water partition coefficient (Wildman–Crippen LogP) is 2.61. The van der Waals surface area contributed by atoms with Gasteiger partial charge < -0.3 is 10.2 Å². The Morgan fingerprint density at radius 2 is 2.37 bits per heavy atom. The normalized spacial score (nSPS) is 18.5.